The number of aryl methyl sites for hydroxylation is 1. The summed E-state index contributed by atoms with van der Waals surface area (Å²) in [5.74, 6) is -6.19. The van der Waals surface area contributed by atoms with Crippen LogP contribution in [0, 0.1) is 18.7 Å². The summed E-state index contributed by atoms with van der Waals surface area (Å²) in [6.07, 6.45) is -5.94. The first-order valence-electron chi connectivity index (χ1n) is 7.89. The van der Waals surface area contributed by atoms with Crippen LogP contribution in [-0.4, -0.2) is 29.0 Å². The molecule has 0 bridgehead atoms. The van der Waals surface area contributed by atoms with Crippen molar-refractivity contribution >= 4 is 11.5 Å². The zero-order chi connectivity index (χ0) is 20.7. The van der Waals surface area contributed by atoms with Crippen molar-refractivity contribution in [2.45, 2.75) is 38.2 Å². The Morgan fingerprint density at radius 1 is 1.33 bits per heavy atom. The van der Waals surface area contributed by atoms with E-state index in [-0.39, 0.29) is 11.6 Å². The normalized spacial score (nSPS) is 24.6. The third-order valence-corrected chi connectivity index (χ3v) is 4.56. The molecule has 0 amide bonds. The Labute approximate surface area is 151 Å². The highest BCUT2D eigenvalue weighted by Gasteiger charge is 2.56. The number of aliphatic carboxylic acids is 1. The fourth-order valence-corrected chi connectivity index (χ4v) is 3.36. The van der Waals surface area contributed by atoms with Gasteiger partial charge in [0.1, 0.15) is 17.3 Å². The molecule has 3 N–H and O–H groups in total. The summed E-state index contributed by atoms with van der Waals surface area (Å²) < 4.78 is 84.8. The van der Waals surface area contributed by atoms with Crippen molar-refractivity contribution in [3.8, 4) is 0 Å². The maximum Gasteiger partial charge on any atom is 0.415 e. The molecule has 1 aliphatic carbocycles. The zero-order valence-electron chi connectivity index (χ0n) is 14.4. The molecule has 1 aliphatic rings. The number of carbonyl (C=O) groups is 1. The van der Waals surface area contributed by atoms with Crippen molar-refractivity contribution in [2.75, 3.05) is 0 Å². The van der Waals surface area contributed by atoms with Crippen LogP contribution < -0.4 is 5.73 Å². The van der Waals surface area contributed by atoms with E-state index < -0.39 is 64.5 Å². The van der Waals surface area contributed by atoms with Crippen LogP contribution in [0.5, 0.6) is 0 Å². The molecule has 3 nitrogen and oxygen atoms in total. The molecule has 0 saturated carbocycles. The lowest BCUT2D eigenvalue weighted by Gasteiger charge is -2.39. The van der Waals surface area contributed by atoms with Gasteiger partial charge in [-0.1, -0.05) is 12.1 Å². The first kappa shape index (κ1) is 21.0. The number of carboxylic acids is 1. The molecule has 0 heterocycles. The molecular weight excluding hydrogens is 376 g/mol. The van der Waals surface area contributed by atoms with E-state index in [1.54, 1.807) is 0 Å². The highest BCUT2D eigenvalue weighted by atomic mass is 19.4. The largest absolute Gasteiger partial charge is 0.481 e. The second kappa shape index (κ2) is 7.03. The smallest absolute Gasteiger partial charge is 0.415 e. The lowest BCUT2D eigenvalue weighted by Crippen LogP contribution is -2.50. The van der Waals surface area contributed by atoms with Gasteiger partial charge in [0.05, 0.1) is 17.9 Å². The van der Waals surface area contributed by atoms with E-state index in [4.69, 9.17) is 10.8 Å². The minimum Gasteiger partial charge on any atom is -0.481 e. The SMILES string of the molecule is Cc1cccc(F)c1C1=C(F)C(C(N)CC(=O)O)C(C)(F)C(C(F)(F)F)=C1. The van der Waals surface area contributed by atoms with Gasteiger partial charge in [-0.15, -0.1) is 0 Å². The third-order valence-electron chi connectivity index (χ3n) is 4.56. The highest BCUT2D eigenvalue weighted by molar-refractivity contribution is 5.81. The second-order valence-corrected chi connectivity index (χ2v) is 6.56. The number of nitrogens with two attached hydrogens (primary N) is 1. The van der Waals surface area contributed by atoms with E-state index >= 15 is 8.78 Å². The van der Waals surface area contributed by atoms with Gasteiger partial charge >= 0.3 is 12.1 Å². The molecule has 0 fully saturated rings. The first-order chi connectivity index (χ1) is 12.3. The summed E-state index contributed by atoms with van der Waals surface area (Å²) >= 11 is 0. The van der Waals surface area contributed by atoms with Crippen LogP contribution in [0.25, 0.3) is 5.57 Å². The fraction of sp³-hybridized carbons (Fsp3) is 0.389. The molecule has 3 atom stereocenters. The van der Waals surface area contributed by atoms with Crippen molar-refractivity contribution < 1.29 is 36.2 Å². The summed E-state index contributed by atoms with van der Waals surface area (Å²) in [6.45, 7) is 1.85. The Bertz CT molecular complexity index is 805. The maximum absolute atomic E-state index is 15.1. The zero-order valence-corrected chi connectivity index (χ0v) is 14.4. The number of allylic oxidation sites excluding steroid dienone is 3. The van der Waals surface area contributed by atoms with Crippen LogP contribution in [0.2, 0.25) is 0 Å². The second-order valence-electron chi connectivity index (χ2n) is 6.56. The molecule has 0 spiro atoms. The number of carboxylic acid groups (broad SMARTS) is 1. The number of hydrogen-bond acceptors (Lipinski definition) is 2. The molecule has 0 radical (unpaired) electrons. The third kappa shape index (κ3) is 3.87. The quantitative estimate of drug-likeness (QED) is 0.743. The summed E-state index contributed by atoms with van der Waals surface area (Å²) in [5.41, 5.74) is -0.650. The van der Waals surface area contributed by atoms with Crippen molar-refractivity contribution in [2.24, 2.45) is 11.7 Å². The number of hydrogen-bond donors (Lipinski definition) is 2. The summed E-state index contributed by atoms with van der Waals surface area (Å²) in [5, 5.41) is 8.83. The first-order valence-corrected chi connectivity index (χ1v) is 7.89. The Hall–Kier alpha value is -2.29. The van der Waals surface area contributed by atoms with Gasteiger partial charge in [0, 0.05) is 17.2 Å². The average molecular weight is 393 g/mol. The van der Waals surface area contributed by atoms with Crippen LogP contribution in [0.1, 0.15) is 24.5 Å². The molecule has 148 valence electrons. The summed E-state index contributed by atoms with van der Waals surface area (Å²) in [6, 6.07) is 1.77. The highest BCUT2D eigenvalue weighted by Crippen LogP contribution is 2.51. The number of halogens is 6. The van der Waals surface area contributed by atoms with Crippen molar-refractivity contribution in [3.63, 3.8) is 0 Å². The molecule has 3 unspecified atom stereocenters. The molecular formula is C18H17F6NO2. The molecule has 0 saturated heterocycles. The van der Waals surface area contributed by atoms with Gasteiger partial charge in [-0.2, -0.15) is 13.2 Å². The predicted molar refractivity (Wildman–Crippen MR) is 86.5 cm³/mol. The molecule has 9 heteroatoms. The maximum atomic E-state index is 15.1. The lowest BCUT2D eigenvalue weighted by molar-refractivity contribution is -0.138. The van der Waals surface area contributed by atoms with Crippen LogP contribution in [0.3, 0.4) is 0 Å². The Morgan fingerprint density at radius 2 is 1.93 bits per heavy atom. The van der Waals surface area contributed by atoms with Gasteiger partial charge in [-0.25, -0.2) is 13.2 Å². The van der Waals surface area contributed by atoms with Gasteiger partial charge in [0.2, 0.25) is 0 Å². The van der Waals surface area contributed by atoms with E-state index in [0.29, 0.717) is 6.92 Å². The van der Waals surface area contributed by atoms with Crippen LogP contribution >= 0.6 is 0 Å². The fourth-order valence-electron chi connectivity index (χ4n) is 3.36. The molecule has 0 aromatic heterocycles. The molecule has 2 rings (SSSR count). The van der Waals surface area contributed by atoms with E-state index in [2.05, 4.69) is 0 Å². The van der Waals surface area contributed by atoms with E-state index in [9.17, 15) is 22.4 Å². The van der Waals surface area contributed by atoms with Crippen LogP contribution in [-0.2, 0) is 4.79 Å². The summed E-state index contributed by atoms with van der Waals surface area (Å²) in [4.78, 5) is 10.9. The van der Waals surface area contributed by atoms with E-state index in [1.165, 1.54) is 19.1 Å². The topological polar surface area (TPSA) is 63.3 Å². The number of alkyl halides is 4. The lowest BCUT2D eigenvalue weighted by atomic mass is 9.71. The van der Waals surface area contributed by atoms with Gasteiger partial charge in [-0.05, 0) is 31.6 Å². The summed E-state index contributed by atoms with van der Waals surface area (Å²) in [7, 11) is 0. The van der Waals surface area contributed by atoms with Gasteiger partial charge < -0.3 is 10.8 Å². The Kier molecular flexibility index (Phi) is 5.47. The average Bonchev–Trinajstić information content (AvgIpc) is 2.46. The van der Waals surface area contributed by atoms with Gasteiger partial charge in [0.15, 0.2) is 0 Å². The van der Waals surface area contributed by atoms with Crippen molar-refractivity contribution in [3.05, 3.63) is 52.6 Å². The minimum atomic E-state index is -5.20. The van der Waals surface area contributed by atoms with E-state index in [1.807, 2.05) is 0 Å². The van der Waals surface area contributed by atoms with Crippen molar-refractivity contribution in [1.82, 2.24) is 0 Å². The number of rotatable bonds is 4. The molecule has 0 aliphatic heterocycles. The van der Waals surface area contributed by atoms with Crippen LogP contribution in [0.15, 0.2) is 35.7 Å². The number of benzene rings is 1. The molecule has 1 aromatic rings. The standard InChI is InChI=1S/C18H17F6NO2/c1-8-4-3-5-10(19)14(8)9-6-12(18(22,23)24)17(2,21)15(16(9)20)11(25)7-13(26)27/h3-6,11,15H,7,25H2,1-2H3,(H,26,27). The van der Waals surface area contributed by atoms with Crippen LogP contribution in [0.4, 0.5) is 26.3 Å². The van der Waals surface area contributed by atoms with E-state index in [0.717, 1.165) is 6.07 Å². The monoisotopic (exact) mass is 393 g/mol. The Morgan fingerprint density at radius 3 is 2.41 bits per heavy atom. The molecule has 27 heavy (non-hydrogen) atoms. The Balaban J connectivity index is 2.79. The van der Waals surface area contributed by atoms with Crippen molar-refractivity contribution in [1.29, 1.82) is 0 Å². The van der Waals surface area contributed by atoms with Gasteiger partial charge in [-0.3, -0.25) is 4.79 Å². The van der Waals surface area contributed by atoms with Gasteiger partial charge in [0.25, 0.3) is 0 Å². The molecule has 1 aromatic carbocycles. The predicted octanol–water partition coefficient (Wildman–Crippen LogP) is 4.46. The minimum absolute atomic E-state index is 0.131.